The molecule has 0 radical (unpaired) electrons. The van der Waals surface area contributed by atoms with E-state index in [2.05, 4.69) is 32.5 Å². The van der Waals surface area contributed by atoms with Crippen LogP contribution in [0.3, 0.4) is 0 Å². The van der Waals surface area contributed by atoms with Crippen LogP contribution in [-0.2, 0) is 4.79 Å². The van der Waals surface area contributed by atoms with Gasteiger partial charge < -0.3 is 16.0 Å². The summed E-state index contributed by atoms with van der Waals surface area (Å²) in [4.78, 5) is 50.1. The lowest BCUT2D eigenvalue weighted by Gasteiger charge is -2.28. The van der Waals surface area contributed by atoms with Crippen molar-refractivity contribution in [3.05, 3.63) is 78.5 Å². The van der Waals surface area contributed by atoms with E-state index in [1.165, 1.54) is 22.3 Å². The van der Waals surface area contributed by atoms with Gasteiger partial charge in [0.2, 0.25) is 5.91 Å². The molecule has 0 bridgehead atoms. The quantitative estimate of drug-likeness (QED) is 0.278. The topological polar surface area (TPSA) is 116 Å². The van der Waals surface area contributed by atoms with Crippen LogP contribution in [0, 0.1) is 5.92 Å². The minimum Gasteiger partial charge on any atom is -0.352 e. The fourth-order valence-electron chi connectivity index (χ4n) is 5.33. The van der Waals surface area contributed by atoms with Crippen LogP contribution in [0.4, 0.5) is 22.0 Å². The molecule has 2 aliphatic rings. The number of pyridine rings is 2. The third-order valence-corrected chi connectivity index (χ3v) is 8.33. The third kappa shape index (κ3) is 4.63. The molecule has 0 spiro atoms. The Hall–Kier alpha value is -4.57. The minimum atomic E-state index is -0.397. The zero-order valence-electron chi connectivity index (χ0n) is 21.0. The number of aromatic nitrogens is 2. The van der Waals surface area contributed by atoms with Gasteiger partial charge in [-0.25, -0.2) is 19.7 Å². The van der Waals surface area contributed by atoms with Crippen molar-refractivity contribution in [1.82, 2.24) is 20.6 Å². The molecule has 3 N–H and O–H groups in total. The molecule has 10 heteroatoms. The minimum absolute atomic E-state index is 0.0758. The van der Waals surface area contributed by atoms with Crippen molar-refractivity contribution in [1.29, 1.82) is 0 Å². The van der Waals surface area contributed by atoms with Gasteiger partial charge in [-0.3, -0.25) is 9.59 Å². The number of nitrogens with one attached hydrogen (secondary N) is 3. The second kappa shape index (κ2) is 10.3. The smallest absolute Gasteiger partial charge is 0.332 e. The van der Waals surface area contributed by atoms with Crippen LogP contribution in [0.1, 0.15) is 28.9 Å². The number of hydrogen-bond acceptors (Lipinski definition) is 6. The molecule has 0 unspecified atom stereocenters. The summed E-state index contributed by atoms with van der Waals surface area (Å²) in [6.07, 6.45) is 7.27. The number of hydrogen-bond donors (Lipinski definition) is 3. The summed E-state index contributed by atoms with van der Waals surface area (Å²) < 4.78 is 0. The molecule has 4 aromatic rings. The molecule has 1 fully saturated rings. The van der Waals surface area contributed by atoms with E-state index in [4.69, 9.17) is 0 Å². The van der Waals surface area contributed by atoms with E-state index in [0.717, 1.165) is 30.4 Å². The summed E-state index contributed by atoms with van der Waals surface area (Å²) in [7, 11) is 0. The molecular formula is C29H26N6O3S. The fraction of sp³-hybridized carbons (Fsp3) is 0.207. The zero-order chi connectivity index (χ0) is 26.9. The van der Waals surface area contributed by atoms with Gasteiger partial charge in [-0.2, -0.15) is 0 Å². The predicted molar refractivity (Wildman–Crippen MR) is 152 cm³/mol. The first-order valence-corrected chi connectivity index (χ1v) is 13.6. The Bertz CT molecular complexity index is 1600. The van der Waals surface area contributed by atoms with Crippen LogP contribution in [0.15, 0.2) is 73.6 Å². The van der Waals surface area contributed by atoms with Gasteiger partial charge in [0.15, 0.2) is 0 Å². The molecule has 3 aromatic heterocycles. The number of amides is 4. The van der Waals surface area contributed by atoms with E-state index < -0.39 is 6.03 Å². The van der Waals surface area contributed by atoms with E-state index in [-0.39, 0.29) is 23.8 Å². The molecule has 9 nitrogen and oxygen atoms in total. The Morgan fingerprint density at radius 2 is 1.92 bits per heavy atom. The van der Waals surface area contributed by atoms with Gasteiger partial charge in [-0.15, -0.1) is 11.3 Å². The van der Waals surface area contributed by atoms with Gasteiger partial charge in [0.25, 0.3) is 5.91 Å². The third-order valence-electron chi connectivity index (χ3n) is 7.23. The van der Waals surface area contributed by atoms with E-state index in [1.807, 2.05) is 42.5 Å². The second-order valence-electron chi connectivity index (χ2n) is 9.57. The van der Waals surface area contributed by atoms with E-state index in [0.29, 0.717) is 38.8 Å². The van der Waals surface area contributed by atoms with Crippen molar-refractivity contribution in [2.75, 3.05) is 16.8 Å². The number of nitrogens with zero attached hydrogens (tertiary/aromatic N) is 3. The van der Waals surface area contributed by atoms with Crippen molar-refractivity contribution in [3.8, 4) is 11.1 Å². The van der Waals surface area contributed by atoms with Crippen molar-refractivity contribution < 1.29 is 14.4 Å². The van der Waals surface area contributed by atoms with E-state index in [1.54, 1.807) is 18.5 Å². The van der Waals surface area contributed by atoms with Crippen molar-refractivity contribution in [2.24, 2.45) is 5.92 Å². The van der Waals surface area contributed by atoms with Crippen molar-refractivity contribution in [2.45, 2.75) is 25.3 Å². The van der Waals surface area contributed by atoms with Crippen LogP contribution in [0.2, 0.25) is 0 Å². The van der Waals surface area contributed by atoms with Gasteiger partial charge in [-0.05, 0) is 54.2 Å². The number of rotatable bonds is 7. The van der Waals surface area contributed by atoms with Gasteiger partial charge in [0, 0.05) is 25.0 Å². The molecule has 1 aliphatic heterocycles. The number of benzene rings is 1. The summed E-state index contributed by atoms with van der Waals surface area (Å²) in [6.45, 7) is 3.96. The molecule has 1 aliphatic carbocycles. The van der Waals surface area contributed by atoms with Crippen LogP contribution in [0.25, 0.3) is 21.3 Å². The fourth-order valence-corrected chi connectivity index (χ4v) is 6.35. The molecule has 0 saturated heterocycles. The summed E-state index contributed by atoms with van der Waals surface area (Å²) in [5.74, 6) is 0.115. The lowest BCUT2D eigenvalue weighted by molar-refractivity contribution is -0.116. The highest BCUT2D eigenvalue weighted by Crippen LogP contribution is 2.45. The molecule has 2 atom stereocenters. The maximum Gasteiger partial charge on any atom is 0.332 e. The van der Waals surface area contributed by atoms with Crippen LogP contribution in [0.5, 0.6) is 0 Å². The average molecular weight is 539 g/mol. The van der Waals surface area contributed by atoms with E-state index >= 15 is 0 Å². The highest BCUT2D eigenvalue weighted by molar-refractivity contribution is 7.21. The van der Waals surface area contributed by atoms with Gasteiger partial charge in [-0.1, -0.05) is 43.3 Å². The second-order valence-corrected chi connectivity index (χ2v) is 10.6. The maximum absolute atomic E-state index is 13.5. The number of carbonyl (C=O) groups is 3. The Morgan fingerprint density at radius 3 is 2.74 bits per heavy atom. The molecule has 4 heterocycles. The molecule has 1 aromatic carbocycles. The number of anilines is 3. The Morgan fingerprint density at radius 1 is 1.10 bits per heavy atom. The zero-order valence-corrected chi connectivity index (χ0v) is 21.8. The van der Waals surface area contributed by atoms with E-state index in [9.17, 15) is 14.4 Å². The summed E-state index contributed by atoms with van der Waals surface area (Å²) >= 11 is 1.25. The normalized spacial score (nSPS) is 18.1. The summed E-state index contributed by atoms with van der Waals surface area (Å²) in [6, 6.07) is 15.0. The first-order valence-electron chi connectivity index (χ1n) is 12.8. The Balaban J connectivity index is 1.31. The Labute approximate surface area is 229 Å². The number of urea groups is 1. The first-order chi connectivity index (χ1) is 19.0. The molecule has 39 heavy (non-hydrogen) atoms. The number of carbonyl (C=O) groups excluding carboxylic acids is 3. The van der Waals surface area contributed by atoms with Gasteiger partial charge in [0.05, 0.1) is 16.8 Å². The van der Waals surface area contributed by atoms with Crippen LogP contribution in [-0.4, -0.2) is 40.4 Å². The molecule has 1 saturated carbocycles. The first kappa shape index (κ1) is 24.7. The van der Waals surface area contributed by atoms with Crippen molar-refractivity contribution >= 4 is 56.6 Å². The van der Waals surface area contributed by atoms with Gasteiger partial charge in [0.1, 0.15) is 15.5 Å². The van der Waals surface area contributed by atoms with Gasteiger partial charge >= 0.3 is 6.03 Å². The summed E-state index contributed by atoms with van der Waals surface area (Å²) in [5, 5.41) is 9.62. The standard InChI is InChI=1S/C29H26N6O3S/c1-2-23(36)32-16-19-9-6-10-20(19)33-27(37)26-25-24-21(12-14-31-28(24)39-26)35(29(38)34-25)22-15-18(11-13-30-22)17-7-4-3-5-8-17/h2-5,7-8,11-15,19-20H,1,6,9-10,16H2,(H,32,36)(H,33,37)(H,34,38)/t19-,20-/m1/s1. The highest BCUT2D eigenvalue weighted by atomic mass is 32.1. The largest absolute Gasteiger partial charge is 0.352 e. The number of thiophene rings is 1. The molecule has 6 rings (SSSR count). The van der Waals surface area contributed by atoms with Crippen LogP contribution < -0.4 is 20.9 Å². The van der Waals surface area contributed by atoms with Crippen molar-refractivity contribution in [3.63, 3.8) is 0 Å². The predicted octanol–water partition coefficient (Wildman–Crippen LogP) is 5.24. The highest BCUT2D eigenvalue weighted by Gasteiger charge is 2.35. The average Bonchev–Trinajstić information content (AvgIpc) is 3.57. The van der Waals surface area contributed by atoms with Crippen LogP contribution >= 0.6 is 11.3 Å². The SMILES string of the molecule is C=CC(=O)NC[C@H]1CCC[C@H]1NC(=O)c1sc2nccc3c2c1NC(=O)N3c1cc(-c2ccccc2)ccn1. The Kier molecular flexibility index (Phi) is 6.54. The molecule has 4 amide bonds. The summed E-state index contributed by atoms with van der Waals surface area (Å²) in [5.41, 5.74) is 3.04. The maximum atomic E-state index is 13.5. The lowest BCUT2D eigenvalue weighted by atomic mass is 10.0. The molecule has 196 valence electrons. The lowest BCUT2D eigenvalue weighted by Crippen LogP contribution is -2.42. The molecular weight excluding hydrogens is 512 g/mol. The monoisotopic (exact) mass is 538 g/mol.